The van der Waals surface area contributed by atoms with E-state index >= 15 is 0 Å². The average molecular weight is 288 g/mol. The van der Waals surface area contributed by atoms with Gasteiger partial charge in [0.25, 0.3) is 0 Å². The van der Waals surface area contributed by atoms with E-state index in [9.17, 15) is 9.59 Å². The van der Waals surface area contributed by atoms with Crippen molar-refractivity contribution in [1.29, 1.82) is 0 Å². The van der Waals surface area contributed by atoms with E-state index in [-0.39, 0.29) is 23.8 Å². The highest BCUT2D eigenvalue weighted by Crippen LogP contribution is 2.28. The van der Waals surface area contributed by atoms with Crippen molar-refractivity contribution in [3.63, 3.8) is 0 Å². The minimum absolute atomic E-state index is 0.00527. The first-order valence-electron chi connectivity index (χ1n) is 7.47. The van der Waals surface area contributed by atoms with Gasteiger partial charge in [0.05, 0.1) is 11.8 Å². The lowest BCUT2D eigenvalue weighted by molar-refractivity contribution is -0.141. The van der Waals surface area contributed by atoms with Crippen LogP contribution in [0.3, 0.4) is 0 Å². The lowest BCUT2D eigenvalue weighted by Gasteiger charge is -2.26. The summed E-state index contributed by atoms with van der Waals surface area (Å²) in [6, 6.07) is 7.98. The van der Waals surface area contributed by atoms with Crippen molar-refractivity contribution >= 4 is 11.9 Å². The molecule has 1 amide bonds. The van der Waals surface area contributed by atoms with E-state index in [1.165, 1.54) is 5.56 Å². The Labute approximate surface area is 123 Å². The van der Waals surface area contributed by atoms with E-state index in [1.54, 1.807) is 0 Å². The Hall–Kier alpha value is -1.88. The third kappa shape index (κ3) is 2.93. The zero-order valence-electron chi connectivity index (χ0n) is 11.8. The molecule has 21 heavy (non-hydrogen) atoms. The summed E-state index contributed by atoms with van der Waals surface area (Å²) in [4.78, 5) is 23.5. The highest BCUT2D eigenvalue weighted by atomic mass is 16.4. The number of rotatable bonds is 3. The van der Waals surface area contributed by atoms with Gasteiger partial charge in [0.1, 0.15) is 0 Å². The van der Waals surface area contributed by atoms with Crippen molar-refractivity contribution in [3.05, 3.63) is 35.4 Å². The second-order valence-corrected chi connectivity index (χ2v) is 5.94. The van der Waals surface area contributed by atoms with Gasteiger partial charge in [-0.3, -0.25) is 9.59 Å². The number of hydrogen-bond donors (Lipinski definition) is 3. The maximum atomic E-state index is 12.5. The lowest BCUT2D eigenvalue weighted by Crippen LogP contribution is -2.42. The third-order valence-electron chi connectivity index (χ3n) is 4.54. The summed E-state index contributed by atoms with van der Waals surface area (Å²) in [5.74, 6) is -1.24. The maximum absolute atomic E-state index is 12.5. The Morgan fingerprint density at radius 2 is 2.05 bits per heavy atom. The van der Waals surface area contributed by atoms with E-state index < -0.39 is 5.97 Å². The first-order valence-corrected chi connectivity index (χ1v) is 7.47. The van der Waals surface area contributed by atoms with Crippen LogP contribution >= 0.6 is 0 Å². The summed E-state index contributed by atoms with van der Waals surface area (Å²) in [7, 11) is 0. The van der Waals surface area contributed by atoms with Gasteiger partial charge in [-0.2, -0.15) is 0 Å². The van der Waals surface area contributed by atoms with Crippen molar-refractivity contribution in [2.75, 3.05) is 6.54 Å². The summed E-state index contributed by atoms with van der Waals surface area (Å²) >= 11 is 0. The van der Waals surface area contributed by atoms with Crippen molar-refractivity contribution in [1.82, 2.24) is 10.6 Å². The zero-order chi connectivity index (χ0) is 14.8. The SMILES string of the molecule is O=C(N[C@H]1CC[C@@H](C(=O)O)C1)C1CNCc2ccccc21. The number of fused-ring (bicyclic) bond motifs is 1. The van der Waals surface area contributed by atoms with Gasteiger partial charge < -0.3 is 15.7 Å². The monoisotopic (exact) mass is 288 g/mol. The molecule has 1 saturated carbocycles. The Bertz CT molecular complexity index is 558. The van der Waals surface area contributed by atoms with Gasteiger partial charge in [-0.1, -0.05) is 24.3 Å². The molecule has 0 aromatic heterocycles. The Balaban J connectivity index is 1.66. The lowest BCUT2D eigenvalue weighted by atomic mass is 9.90. The smallest absolute Gasteiger partial charge is 0.306 e. The van der Waals surface area contributed by atoms with E-state index in [0.29, 0.717) is 19.4 Å². The third-order valence-corrected chi connectivity index (χ3v) is 4.54. The molecule has 0 spiro atoms. The van der Waals surface area contributed by atoms with E-state index in [1.807, 2.05) is 24.3 Å². The molecule has 5 nitrogen and oxygen atoms in total. The fourth-order valence-corrected chi connectivity index (χ4v) is 3.37. The second kappa shape index (κ2) is 5.85. The van der Waals surface area contributed by atoms with Gasteiger partial charge in [-0.05, 0) is 30.4 Å². The first-order chi connectivity index (χ1) is 10.1. The van der Waals surface area contributed by atoms with Crippen molar-refractivity contribution in [2.45, 2.75) is 37.8 Å². The van der Waals surface area contributed by atoms with Gasteiger partial charge in [0.15, 0.2) is 0 Å². The molecular formula is C16H20N2O3. The van der Waals surface area contributed by atoms with Gasteiger partial charge in [-0.15, -0.1) is 0 Å². The number of carboxylic acids is 1. The molecule has 3 N–H and O–H groups in total. The highest BCUT2D eigenvalue weighted by molar-refractivity contribution is 5.85. The number of benzene rings is 1. The minimum atomic E-state index is -0.753. The summed E-state index contributed by atoms with van der Waals surface area (Å²) in [5.41, 5.74) is 2.25. The van der Waals surface area contributed by atoms with E-state index in [4.69, 9.17) is 5.11 Å². The Morgan fingerprint density at radius 1 is 1.24 bits per heavy atom. The fourth-order valence-electron chi connectivity index (χ4n) is 3.37. The molecular weight excluding hydrogens is 268 g/mol. The molecule has 3 rings (SSSR count). The van der Waals surface area contributed by atoms with Crippen molar-refractivity contribution in [3.8, 4) is 0 Å². The van der Waals surface area contributed by atoms with Crippen LogP contribution in [-0.2, 0) is 16.1 Å². The number of nitrogens with one attached hydrogen (secondary N) is 2. The molecule has 1 aromatic carbocycles. The molecule has 0 radical (unpaired) electrons. The summed E-state index contributed by atoms with van der Waals surface area (Å²) < 4.78 is 0. The average Bonchev–Trinajstić information content (AvgIpc) is 2.95. The van der Waals surface area contributed by atoms with Crippen LogP contribution in [-0.4, -0.2) is 29.6 Å². The Morgan fingerprint density at radius 3 is 2.81 bits per heavy atom. The van der Waals surface area contributed by atoms with Gasteiger partial charge >= 0.3 is 5.97 Å². The largest absolute Gasteiger partial charge is 0.481 e. The summed E-state index contributed by atoms with van der Waals surface area (Å²) in [6.45, 7) is 1.43. The summed E-state index contributed by atoms with van der Waals surface area (Å²) in [6.07, 6.45) is 1.95. The van der Waals surface area contributed by atoms with Crippen LogP contribution in [0.1, 0.15) is 36.3 Å². The van der Waals surface area contributed by atoms with Crippen LogP contribution in [0, 0.1) is 5.92 Å². The van der Waals surface area contributed by atoms with Crippen LogP contribution in [0.25, 0.3) is 0 Å². The number of carbonyl (C=O) groups excluding carboxylic acids is 1. The second-order valence-electron chi connectivity index (χ2n) is 5.94. The van der Waals surface area contributed by atoms with Crippen molar-refractivity contribution < 1.29 is 14.7 Å². The van der Waals surface area contributed by atoms with Crippen molar-refractivity contribution in [2.24, 2.45) is 5.92 Å². The topological polar surface area (TPSA) is 78.4 Å². The van der Waals surface area contributed by atoms with Gasteiger partial charge in [-0.25, -0.2) is 0 Å². The van der Waals surface area contributed by atoms with Crippen LogP contribution in [0.4, 0.5) is 0 Å². The van der Waals surface area contributed by atoms with E-state index in [2.05, 4.69) is 10.6 Å². The summed E-state index contributed by atoms with van der Waals surface area (Å²) in [5, 5.41) is 15.3. The van der Waals surface area contributed by atoms with E-state index in [0.717, 1.165) is 18.5 Å². The highest BCUT2D eigenvalue weighted by Gasteiger charge is 2.33. The predicted molar refractivity (Wildman–Crippen MR) is 77.8 cm³/mol. The number of amides is 1. The van der Waals surface area contributed by atoms with Gasteiger partial charge in [0, 0.05) is 19.1 Å². The molecule has 1 aliphatic carbocycles. The molecule has 112 valence electrons. The Kier molecular flexibility index (Phi) is 3.92. The molecule has 0 saturated heterocycles. The molecule has 1 fully saturated rings. The molecule has 0 bridgehead atoms. The number of carboxylic acid groups (broad SMARTS) is 1. The zero-order valence-corrected chi connectivity index (χ0v) is 11.8. The van der Waals surface area contributed by atoms with Crippen LogP contribution in [0.15, 0.2) is 24.3 Å². The number of carbonyl (C=O) groups is 2. The minimum Gasteiger partial charge on any atom is -0.481 e. The molecule has 5 heteroatoms. The molecule has 3 atom stereocenters. The van der Waals surface area contributed by atoms with Crippen LogP contribution < -0.4 is 10.6 Å². The molecule has 1 aliphatic heterocycles. The van der Waals surface area contributed by atoms with Crippen LogP contribution in [0.5, 0.6) is 0 Å². The van der Waals surface area contributed by atoms with Crippen LogP contribution in [0.2, 0.25) is 0 Å². The normalized spacial score (nSPS) is 27.9. The molecule has 1 aromatic rings. The standard InChI is InChI=1S/C16H20N2O3/c19-15(18-12-6-5-10(7-12)16(20)21)14-9-17-8-11-3-1-2-4-13(11)14/h1-4,10,12,14,17H,5-9H2,(H,18,19)(H,20,21)/t10-,12+,14?/m1/s1. The number of hydrogen-bond acceptors (Lipinski definition) is 3. The maximum Gasteiger partial charge on any atom is 0.306 e. The molecule has 2 aliphatic rings. The first kappa shape index (κ1) is 14.1. The predicted octanol–water partition coefficient (Wildman–Crippen LogP) is 1.24. The van der Waals surface area contributed by atoms with Gasteiger partial charge in [0.2, 0.25) is 5.91 Å². The quantitative estimate of drug-likeness (QED) is 0.782. The number of aliphatic carboxylic acids is 1. The molecule has 1 unspecified atom stereocenters. The molecule has 1 heterocycles. The fraction of sp³-hybridized carbons (Fsp3) is 0.500.